The van der Waals surface area contributed by atoms with Gasteiger partial charge >= 0.3 is 0 Å². The first-order chi connectivity index (χ1) is 10.7. The third kappa shape index (κ3) is 5.23. The normalized spacial score (nSPS) is 27.0. The molecule has 0 aromatic heterocycles. The monoisotopic (exact) mass is 310 g/mol. The van der Waals surface area contributed by atoms with Gasteiger partial charge < -0.3 is 9.84 Å². The largest absolute Gasteiger partial charge is 0.387 e. The number of rotatable bonds is 12. The van der Waals surface area contributed by atoms with E-state index in [1.807, 2.05) is 0 Å². The SMILES string of the molecule is CCCCCCCCCCCCC1(C2(O)CCCCC2)CO1. The molecule has 2 rings (SSSR count). The van der Waals surface area contributed by atoms with Gasteiger partial charge in [0.25, 0.3) is 0 Å². The van der Waals surface area contributed by atoms with Crippen LogP contribution in [-0.2, 0) is 4.74 Å². The molecule has 1 saturated heterocycles. The van der Waals surface area contributed by atoms with Crippen LogP contribution in [0.15, 0.2) is 0 Å². The second-order valence-electron chi connectivity index (χ2n) is 7.81. The molecule has 1 atom stereocenters. The predicted molar refractivity (Wildman–Crippen MR) is 93.2 cm³/mol. The van der Waals surface area contributed by atoms with E-state index in [1.165, 1.54) is 83.5 Å². The van der Waals surface area contributed by atoms with E-state index < -0.39 is 5.60 Å². The standard InChI is InChI=1S/C20H38O2/c1-2-3-4-5-6-7-8-9-10-14-17-20(18-22-20)19(21)15-12-11-13-16-19/h21H,2-18H2,1H3. The summed E-state index contributed by atoms with van der Waals surface area (Å²) < 4.78 is 5.77. The molecule has 130 valence electrons. The number of ether oxygens (including phenoxy) is 1. The highest BCUT2D eigenvalue weighted by molar-refractivity contribution is 5.09. The maximum atomic E-state index is 10.9. The van der Waals surface area contributed by atoms with E-state index in [-0.39, 0.29) is 5.60 Å². The van der Waals surface area contributed by atoms with Crippen molar-refractivity contribution < 1.29 is 9.84 Å². The molecule has 1 saturated carbocycles. The van der Waals surface area contributed by atoms with Crippen LogP contribution in [0.25, 0.3) is 0 Å². The smallest absolute Gasteiger partial charge is 0.120 e. The number of hydrogen-bond acceptors (Lipinski definition) is 2. The summed E-state index contributed by atoms with van der Waals surface area (Å²) in [6.45, 7) is 3.08. The Morgan fingerprint density at radius 1 is 0.773 bits per heavy atom. The molecule has 1 unspecified atom stereocenters. The lowest BCUT2D eigenvalue weighted by Crippen LogP contribution is -2.47. The first-order valence-corrected chi connectivity index (χ1v) is 10.1. The summed E-state index contributed by atoms with van der Waals surface area (Å²) >= 11 is 0. The van der Waals surface area contributed by atoms with Gasteiger partial charge in [-0.25, -0.2) is 0 Å². The van der Waals surface area contributed by atoms with E-state index in [4.69, 9.17) is 4.74 Å². The molecule has 1 heterocycles. The molecular formula is C20H38O2. The van der Waals surface area contributed by atoms with Crippen LogP contribution in [0.4, 0.5) is 0 Å². The lowest BCUT2D eigenvalue weighted by atomic mass is 9.73. The van der Waals surface area contributed by atoms with Crippen LogP contribution >= 0.6 is 0 Å². The van der Waals surface area contributed by atoms with Crippen LogP contribution in [0.5, 0.6) is 0 Å². The minimum atomic E-state index is -0.496. The van der Waals surface area contributed by atoms with E-state index in [9.17, 15) is 5.11 Å². The summed E-state index contributed by atoms with van der Waals surface area (Å²) in [5.41, 5.74) is -0.641. The van der Waals surface area contributed by atoms with E-state index >= 15 is 0 Å². The average molecular weight is 311 g/mol. The van der Waals surface area contributed by atoms with Crippen molar-refractivity contribution in [3.8, 4) is 0 Å². The van der Waals surface area contributed by atoms with E-state index in [1.54, 1.807) is 0 Å². The van der Waals surface area contributed by atoms with Crippen LogP contribution < -0.4 is 0 Å². The van der Waals surface area contributed by atoms with Crippen LogP contribution in [0, 0.1) is 0 Å². The van der Waals surface area contributed by atoms with Crippen LogP contribution in [0.3, 0.4) is 0 Å². The molecule has 0 spiro atoms. The molecule has 22 heavy (non-hydrogen) atoms. The van der Waals surface area contributed by atoms with Crippen LogP contribution in [0.1, 0.15) is 110 Å². The molecule has 0 radical (unpaired) electrons. The Morgan fingerprint density at radius 3 is 1.77 bits per heavy atom. The van der Waals surface area contributed by atoms with Gasteiger partial charge in [-0.1, -0.05) is 90.4 Å². The van der Waals surface area contributed by atoms with Crippen molar-refractivity contribution in [3.63, 3.8) is 0 Å². The fourth-order valence-electron chi connectivity index (χ4n) is 4.22. The van der Waals surface area contributed by atoms with Crippen molar-refractivity contribution in [2.45, 2.75) is 121 Å². The Bertz CT molecular complexity index is 290. The maximum Gasteiger partial charge on any atom is 0.120 e. The first-order valence-electron chi connectivity index (χ1n) is 10.1. The Morgan fingerprint density at radius 2 is 1.27 bits per heavy atom. The molecule has 2 aliphatic rings. The number of aliphatic hydroxyl groups is 1. The van der Waals surface area contributed by atoms with E-state index in [0.717, 1.165) is 25.9 Å². The molecule has 0 aromatic carbocycles. The highest BCUT2D eigenvalue weighted by atomic mass is 16.6. The fourth-order valence-corrected chi connectivity index (χ4v) is 4.22. The lowest BCUT2D eigenvalue weighted by Gasteiger charge is -2.37. The van der Waals surface area contributed by atoms with Gasteiger partial charge in [-0.15, -0.1) is 0 Å². The van der Waals surface area contributed by atoms with Gasteiger partial charge in [0.1, 0.15) is 5.60 Å². The summed E-state index contributed by atoms with van der Waals surface area (Å²) in [5.74, 6) is 0. The van der Waals surface area contributed by atoms with Crippen molar-refractivity contribution in [1.82, 2.24) is 0 Å². The first kappa shape index (κ1) is 18.3. The maximum absolute atomic E-state index is 10.9. The fraction of sp³-hybridized carbons (Fsp3) is 1.00. The quantitative estimate of drug-likeness (QED) is 0.367. The average Bonchev–Trinajstić information content (AvgIpc) is 3.32. The van der Waals surface area contributed by atoms with E-state index in [0.29, 0.717) is 0 Å². The molecule has 1 N–H and O–H groups in total. The Balaban J connectivity index is 1.48. The lowest BCUT2D eigenvalue weighted by molar-refractivity contribution is -0.0689. The number of unbranched alkanes of at least 4 members (excludes halogenated alkanes) is 9. The van der Waals surface area contributed by atoms with Crippen molar-refractivity contribution in [2.24, 2.45) is 0 Å². The Kier molecular flexibility index (Phi) is 7.70. The Labute approximate surface area is 138 Å². The molecule has 2 heteroatoms. The van der Waals surface area contributed by atoms with Gasteiger partial charge in [-0.05, 0) is 19.3 Å². The van der Waals surface area contributed by atoms with Crippen molar-refractivity contribution >= 4 is 0 Å². The topological polar surface area (TPSA) is 32.8 Å². The molecular weight excluding hydrogens is 272 g/mol. The van der Waals surface area contributed by atoms with Crippen molar-refractivity contribution in [3.05, 3.63) is 0 Å². The number of hydrogen-bond donors (Lipinski definition) is 1. The zero-order valence-corrected chi connectivity index (χ0v) is 14.9. The summed E-state index contributed by atoms with van der Waals surface area (Å²) in [4.78, 5) is 0. The predicted octanol–water partition coefficient (Wildman–Crippen LogP) is 5.76. The molecule has 0 amide bonds. The highest BCUT2D eigenvalue weighted by Crippen LogP contribution is 2.49. The zero-order valence-electron chi connectivity index (χ0n) is 14.9. The second kappa shape index (κ2) is 9.27. The van der Waals surface area contributed by atoms with E-state index in [2.05, 4.69) is 6.92 Å². The van der Waals surface area contributed by atoms with Gasteiger partial charge in [-0.3, -0.25) is 0 Å². The number of epoxide rings is 1. The van der Waals surface area contributed by atoms with Gasteiger partial charge in [-0.2, -0.15) is 0 Å². The molecule has 0 aromatic rings. The minimum Gasteiger partial charge on any atom is -0.387 e. The summed E-state index contributed by atoms with van der Waals surface area (Å²) in [7, 11) is 0. The summed E-state index contributed by atoms with van der Waals surface area (Å²) in [6, 6.07) is 0. The second-order valence-corrected chi connectivity index (χ2v) is 7.81. The molecule has 2 nitrogen and oxygen atoms in total. The molecule has 0 bridgehead atoms. The zero-order chi connectivity index (χ0) is 15.7. The van der Waals surface area contributed by atoms with Gasteiger partial charge in [0, 0.05) is 0 Å². The third-order valence-electron chi connectivity index (χ3n) is 5.96. The third-order valence-corrected chi connectivity index (χ3v) is 5.96. The van der Waals surface area contributed by atoms with Gasteiger partial charge in [0.15, 0.2) is 0 Å². The summed E-state index contributed by atoms with van der Waals surface area (Å²) in [6.07, 6.45) is 20.4. The molecule has 1 aliphatic carbocycles. The van der Waals surface area contributed by atoms with Gasteiger partial charge in [0.2, 0.25) is 0 Å². The van der Waals surface area contributed by atoms with Crippen LogP contribution in [-0.4, -0.2) is 22.9 Å². The van der Waals surface area contributed by atoms with Crippen molar-refractivity contribution in [2.75, 3.05) is 6.61 Å². The van der Waals surface area contributed by atoms with Gasteiger partial charge in [0.05, 0.1) is 12.2 Å². The Hall–Kier alpha value is -0.0800. The van der Waals surface area contributed by atoms with Crippen LogP contribution in [0.2, 0.25) is 0 Å². The molecule has 1 aliphatic heterocycles. The highest BCUT2D eigenvalue weighted by Gasteiger charge is 2.59. The van der Waals surface area contributed by atoms with Crippen molar-refractivity contribution in [1.29, 1.82) is 0 Å². The minimum absolute atomic E-state index is 0.145. The molecule has 2 fully saturated rings. The summed E-state index contributed by atoms with van der Waals surface area (Å²) in [5, 5.41) is 10.9.